The van der Waals surface area contributed by atoms with Crippen molar-refractivity contribution in [2.24, 2.45) is 0 Å². The average Bonchev–Trinajstić information content (AvgIpc) is 2.80. The molecule has 0 aliphatic carbocycles. The number of hydrogen-bond donors (Lipinski definition) is 1. The highest BCUT2D eigenvalue weighted by Crippen LogP contribution is 2.26. The van der Waals surface area contributed by atoms with Gasteiger partial charge in [-0.15, -0.1) is 0 Å². The monoisotopic (exact) mass is 309 g/mol. The lowest BCUT2D eigenvalue weighted by Gasteiger charge is -2.07. The summed E-state index contributed by atoms with van der Waals surface area (Å²) in [6, 6.07) is 3.26. The second-order valence-corrected chi connectivity index (χ2v) is 4.94. The van der Waals surface area contributed by atoms with Crippen LogP contribution in [0.4, 0.5) is 11.5 Å². The van der Waals surface area contributed by atoms with E-state index in [9.17, 15) is 10.1 Å². The first-order valence-electron chi connectivity index (χ1n) is 6.61. The van der Waals surface area contributed by atoms with Gasteiger partial charge in [-0.2, -0.15) is 5.10 Å². The van der Waals surface area contributed by atoms with Crippen molar-refractivity contribution in [2.45, 2.75) is 33.2 Å². The molecule has 8 heteroatoms. The molecule has 0 saturated carbocycles. The molecule has 2 aromatic rings. The van der Waals surface area contributed by atoms with E-state index in [-0.39, 0.29) is 17.2 Å². The Morgan fingerprint density at radius 1 is 1.33 bits per heavy atom. The third-order valence-electron chi connectivity index (χ3n) is 3.19. The van der Waals surface area contributed by atoms with E-state index in [1.54, 1.807) is 16.8 Å². The van der Waals surface area contributed by atoms with Gasteiger partial charge >= 0.3 is 5.69 Å². The molecule has 7 nitrogen and oxygen atoms in total. The molecule has 0 bridgehead atoms. The molecule has 2 rings (SSSR count). The molecular weight excluding hydrogens is 294 g/mol. The van der Waals surface area contributed by atoms with Gasteiger partial charge in [0.2, 0.25) is 0 Å². The van der Waals surface area contributed by atoms with Crippen LogP contribution in [0.25, 0.3) is 0 Å². The number of hydrogen-bond acceptors (Lipinski definition) is 5. The van der Waals surface area contributed by atoms with Gasteiger partial charge in [0.25, 0.3) is 0 Å². The molecule has 2 heterocycles. The van der Waals surface area contributed by atoms with Crippen LogP contribution in [0.5, 0.6) is 0 Å². The van der Waals surface area contributed by atoms with Crippen molar-refractivity contribution < 1.29 is 4.92 Å². The Morgan fingerprint density at radius 3 is 2.62 bits per heavy atom. The molecule has 0 unspecified atom stereocenters. The van der Waals surface area contributed by atoms with Crippen molar-refractivity contribution in [2.75, 3.05) is 5.73 Å². The SMILES string of the molecule is CCc1nn(Cc2nc(N)ccc2Cl)c(CC)c1[N+](=O)[O-]. The number of anilines is 1. The minimum absolute atomic E-state index is 0.0834. The highest BCUT2D eigenvalue weighted by atomic mass is 35.5. The summed E-state index contributed by atoms with van der Waals surface area (Å²) in [5, 5.41) is 16.0. The molecule has 0 radical (unpaired) electrons. The van der Waals surface area contributed by atoms with Crippen molar-refractivity contribution in [3.8, 4) is 0 Å². The van der Waals surface area contributed by atoms with Crippen LogP contribution in [-0.2, 0) is 19.4 Å². The van der Waals surface area contributed by atoms with Crippen LogP contribution in [0.2, 0.25) is 5.02 Å². The number of nitrogens with zero attached hydrogens (tertiary/aromatic N) is 4. The van der Waals surface area contributed by atoms with E-state index >= 15 is 0 Å². The van der Waals surface area contributed by atoms with Crippen LogP contribution >= 0.6 is 11.6 Å². The zero-order valence-electron chi connectivity index (χ0n) is 11.8. The fourth-order valence-electron chi connectivity index (χ4n) is 2.23. The second kappa shape index (κ2) is 6.09. The Balaban J connectivity index is 2.49. The van der Waals surface area contributed by atoms with Crippen LogP contribution in [0.3, 0.4) is 0 Å². The first-order chi connectivity index (χ1) is 9.97. The normalized spacial score (nSPS) is 10.8. The summed E-state index contributed by atoms with van der Waals surface area (Å²) < 4.78 is 1.59. The van der Waals surface area contributed by atoms with Gasteiger partial charge in [-0.05, 0) is 25.0 Å². The molecule has 0 aliphatic heterocycles. The summed E-state index contributed by atoms with van der Waals surface area (Å²) in [6.07, 6.45) is 0.998. The number of pyridine rings is 1. The van der Waals surface area contributed by atoms with E-state index < -0.39 is 0 Å². The molecule has 2 aromatic heterocycles. The lowest BCUT2D eigenvalue weighted by molar-refractivity contribution is -0.386. The maximum Gasteiger partial charge on any atom is 0.313 e. The number of nitrogens with two attached hydrogens (primary N) is 1. The summed E-state index contributed by atoms with van der Waals surface area (Å²) in [4.78, 5) is 15.0. The minimum atomic E-state index is -0.379. The predicted molar refractivity (Wildman–Crippen MR) is 80.4 cm³/mol. The van der Waals surface area contributed by atoms with E-state index in [0.29, 0.717) is 40.8 Å². The summed E-state index contributed by atoms with van der Waals surface area (Å²) >= 11 is 6.09. The predicted octanol–water partition coefficient (Wildman–Crippen LogP) is 2.60. The van der Waals surface area contributed by atoms with Crippen molar-refractivity contribution in [3.63, 3.8) is 0 Å². The van der Waals surface area contributed by atoms with E-state index in [0.717, 1.165) is 0 Å². The first-order valence-corrected chi connectivity index (χ1v) is 6.99. The molecule has 0 aliphatic rings. The number of aryl methyl sites for hydroxylation is 1. The fraction of sp³-hybridized carbons (Fsp3) is 0.385. The van der Waals surface area contributed by atoms with Crippen molar-refractivity contribution in [1.82, 2.24) is 14.8 Å². The van der Waals surface area contributed by atoms with Crippen molar-refractivity contribution >= 4 is 23.1 Å². The summed E-state index contributed by atoms with van der Waals surface area (Å²) in [6.45, 7) is 3.95. The van der Waals surface area contributed by atoms with Gasteiger partial charge in [0.1, 0.15) is 17.2 Å². The quantitative estimate of drug-likeness (QED) is 0.676. The van der Waals surface area contributed by atoms with Crippen LogP contribution in [-0.4, -0.2) is 19.7 Å². The molecule has 0 saturated heterocycles. The molecule has 0 fully saturated rings. The zero-order valence-corrected chi connectivity index (χ0v) is 12.6. The van der Waals surface area contributed by atoms with E-state index in [2.05, 4.69) is 10.1 Å². The number of rotatable bonds is 5. The van der Waals surface area contributed by atoms with Gasteiger partial charge in [-0.25, -0.2) is 4.98 Å². The van der Waals surface area contributed by atoms with Gasteiger partial charge in [-0.1, -0.05) is 25.4 Å². The van der Waals surface area contributed by atoms with Crippen LogP contribution in [0, 0.1) is 10.1 Å². The topological polar surface area (TPSA) is 99.9 Å². The summed E-state index contributed by atoms with van der Waals surface area (Å²) in [7, 11) is 0. The van der Waals surface area contributed by atoms with Crippen LogP contribution < -0.4 is 5.73 Å². The Bertz CT molecular complexity index is 683. The van der Waals surface area contributed by atoms with Crippen molar-refractivity contribution in [3.05, 3.63) is 44.4 Å². The molecule has 112 valence electrons. The van der Waals surface area contributed by atoms with Gasteiger partial charge in [0.05, 0.1) is 22.2 Å². The smallest absolute Gasteiger partial charge is 0.313 e. The van der Waals surface area contributed by atoms with E-state index in [4.69, 9.17) is 17.3 Å². The summed E-state index contributed by atoms with van der Waals surface area (Å²) in [5.74, 6) is 0.352. The van der Waals surface area contributed by atoms with Crippen LogP contribution in [0.15, 0.2) is 12.1 Å². The Labute approximate surface area is 126 Å². The Kier molecular flexibility index (Phi) is 4.42. The lowest BCUT2D eigenvalue weighted by atomic mass is 10.2. The van der Waals surface area contributed by atoms with Crippen molar-refractivity contribution in [1.29, 1.82) is 0 Å². The lowest BCUT2D eigenvalue weighted by Crippen LogP contribution is -2.09. The molecule has 21 heavy (non-hydrogen) atoms. The molecule has 0 spiro atoms. The molecule has 0 aromatic carbocycles. The Morgan fingerprint density at radius 2 is 2.05 bits per heavy atom. The zero-order chi connectivity index (χ0) is 15.6. The third kappa shape index (κ3) is 2.97. The number of aromatic nitrogens is 3. The highest BCUT2D eigenvalue weighted by Gasteiger charge is 2.25. The molecule has 0 atom stereocenters. The largest absolute Gasteiger partial charge is 0.384 e. The Hall–Kier alpha value is -2.15. The van der Waals surface area contributed by atoms with E-state index in [1.807, 2.05) is 13.8 Å². The van der Waals surface area contributed by atoms with Gasteiger partial charge < -0.3 is 5.73 Å². The number of nitro groups is 1. The number of halogens is 1. The van der Waals surface area contributed by atoms with Gasteiger partial charge in [-0.3, -0.25) is 14.8 Å². The minimum Gasteiger partial charge on any atom is -0.384 e. The first kappa shape index (κ1) is 15.2. The standard InChI is InChI=1S/C13H16ClN5O2/c1-3-9-13(19(20)21)11(4-2)18(17-9)7-10-8(14)5-6-12(15)16-10/h5-6H,3-4,7H2,1-2H3,(H2,15,16). The van der Waals surface area contributed by atoms with E-state index in [1.165, 1.54) is 0 Å². The average molecular weight is 310 g/mol. The van der Waals surface area contributed by atoms with Gasteiger partial charge in [0, 0.05) is 0 Å². The third-order valence-corrected chi connectivity index (χ3v) is 3.54. The fourth-order valence-corrected chi connectivity index (χ4v) is 2.39. The number of nitrogen functional groups attached to an aromatic ring is 1. The summed E-state index contributed by atoms with van der Waals surface area (Å²) in [5.41, 5.74) is 7.32. The second-order valence-electron chi connectivity index (χ2n) is 4.53. The molecule has 2 N–H and O–H groups in total. The molecule has 0 amide bonds. The molecular formula is C13H16ClN5O2. The van der Waals surface area contributed by atoms with Crippen LogP contribution in [0.1, 0.15) is 30.9 Å². The highest BCUT2D eigenvalue weighted by molar-refractivity contribution is 6.31. The maximum atomic E-state index is 11.2. The maximum absolute atomic E-state index is 11.2. The van der Waals surface area contributed by atoms with Gasteiger partial charge in [0.15, 0.2) is 0 Å².